The Morgan fingerprint density at radius 3 is 3.12 bits per heavy atom. The summed E-state index contributed by atoms with van der Waals surface area (Å²) in [6, 6.07) is 4.04. The third-order valence-electron chi connectivity index (χ3n) is 2.59. The van der Waals surface area contributed by atoms with Crippen molar-refractivity contribution >= 4 is 18.6 Å². The molecule has 1 aliphatic heterocycles. The maximum atomic E-state index is 13.4. The fourth-order valence-electron chi connectivity index (χ4n) is 1.69. The van der Waals surface area contributed by atoms with Crippen LogP contribution in [0.1, 0.15) is 23.2 Å². The minimum atomic E-state index is -0.672. The van der Waals surface area contributed by atoms with Crippen molar-refractivity contribution in [3.8, 4) is 0 Å². The van der Waals surface area contributed by atoms with Crippen LogP contribution >= 0.6 is 12.6 Å². The topological polar surface area (TPSA) is 35.5 Å². The Labute approximate surface area is 104 Å². The summed E-state index contributed by atoms with van der Waals surface area (Å²) in [5.74, 6) is -1.27. The number of ether oxygens (including phenoxy) is 2. The molecule has 0 radical (unpaired) electrons. The molecule has 0 bridgehead atoms. The minimum absolute atomic E-state index is 0.0544. The predicted octanol–water partition coefficient (Wildman–Crippen LogP) is 2.45. The molecular formula is C12H13FO3S. The van der Waals surface area contributed by atoms with Crippen LogP contribution in [0, 0.1) is 5.82 Å². The van der Waals surface area contributed by atoms with Gasteiger partial charge in [0.2, 0.25) is 0 Å². The number of rotatable bonds is 3. The number of esters is 1. The van der Waals surface area contributed by atoms with E-state index in [1.165, 1.54) is 18.2 Å². The summed E-state index contributed by atoms with van der Waals surface area (Å²) in [5.41, 5.74) is -0.0875. The van der Waals surface area contributed by atoms with Gasteiger partial charge in [-0.3, -0.25) is 0 Å². The van der Waals surface area contributed by atoms with Crippen LogP contribution in [-0.4, -0.2) is 25.3 Å². The van der Waals surface area contributed by atoms with Crippen LogP contribution in [-0.2, 0) is 9.47 Å². The van der Waals surface area contributed by atoms with Gasteiger partial charge in [0.1, 0.15) is 12.4 Å². The molecular weight excluding hydrogens is 243 g/mol. The molecule has 0 aliphatic carbocycles. The van der Waals surface area contributed by atoms with E-state index < -0.39 is 11.8 Å². The molecule has 0 spiro atoms. The van der Waals surface area contributed by atoms with Crippen LogP contribution in [0.4, 0.5) is 4.39 Å². The lowest BCUT2D eigenvalue weighted by molar-refractivity contribution is 0.0157. The molecule has 92 valence electrons. The van der Waals surface area contributed by atoms with E-state index in [1.54, 1.807) is 0 Å². The lowest BCUT2D eigenvalue weighted by atomic mass is 10.2. The standard InChI is InChI=1S/C12H13FO3S/c13-11-4-3-9(17)6-10(11)12(14)16-7-8-2-1-5-15-8/h3-4,6,8,17H,1-2,5,7H2. The highest BCUT2D eigenvalue weighted by atomic mass is 32.1. The smallest absolute Gasteiger partial charge is 0.341 e. The number of hydrogen-bond acceptors (Lipinski definition) is 4. The van der Waals surface area contributed by atoms with Crippen molar-refractivity contribution in [2.45, 2.75) is 23.8 Å². The molecule has 0 aromatic heterocycles. The van der Waals surface area contributed by atoms with E-state index >= 15 is 0 Å². The average molecular weight is 256 g/mol. The highest BCUT2D eigenvalue weighted by Crippen LogP contribution is 2.16. The van der Waals surface area contributed by atoms with E-state index in [0.717, 1.165) is 12.8 Å². The minimum Gasteiger partial charge on any atom is -0.459 e. The fourth-order valence-corrected chi connectivity index (χ4v) is 1.90. The SMILES string of the molecule is O=C(OCC1CCCO1)c1cc(S)ccc1F. The summed E-state index contributed by atoms with van der Waals surface area (Å²) < 4.78 is 23.7. The second-order valence-corrected chi connectivity index (χ2v) is 4.41. The van der Waals surface area contributed by atoms with Gasteiger partial charge < -0.3 is 9.47 Å². The summed E-state index contributed by atoms with van der Waals surface area (Å²) in [4.78, 5) is 12.1. The van der Waals surface area contributed by atoms with E-state index in [0.29, 0.717) is 11.5 Å². The van der Waals surface area contributed by atoms with Crippen molar-refractivity contribution in [3.05, 3.63) is 29.6 Å². The molecule has 0 N–H and O–H groups in total. The van der Waals surface area contributed by atoms with Crippen molar-refractivity contribution in [3.63, 3.8) is 0 Å². The van der Waals surface area contributed by atoms with Crippen LogP contribution in [0.5, 0.6) is 0 Å². The summed E-state index contributed by atoms with van der Waals surface area (Å²) in [6.07, 6.45) is 1.80. The van der Waals surface area contributed by atoms with Gasteiger partial charge >= 0.3 is 5.97 Å². The van der Waals surface area contributed by atoms with E-state index in [2.05, 4.69) is 12.6 Å². The third-order valence-corrected chi connectivity index (χ3v) is 2.87. The molecule has 0 amide bonds. The van der Waals surface area contributed by atoms with Crippen molar-refractivity contribution in [2.24, 2.45) is 0 Å². The Morgan fingerprint density at radius 1 is 1.59 bits per heavy atom. The van der Waals surface area contributed by atoms with Gasteiger partial charge in [-0.25, -0.2) is 9.18 Å². The van der Waals surface area contributed by atoms with Crippen molar-refractivity contribution in [1.82, 2.24) is 0 Å². The molecule has 1 heterocycles. The zero-order valence-corrected chi connectivity index (χ0v) is 10.1. The molecule has 3 nitrogen and oxygen atoms in total. The first-order chi connectivity index (χ1) is 8.16. The van der Waals surface area contributed by atoms with Gasteiger partial charge in [-0.1, -0.05) is 0 Å². The van der Waals surface area contributed by atoms with Crippen molar-refractivity contribution in [1.29, 1.82) is 0 Å². The normalized spacial score (nSPS) is 19.3. The van der Waals surface area contributed by atoms with Gasteiger partial charge in [-0.15, -0.1) is 12.6 Å². The molecule has 1 saturated heterocycles. The van der Waals surface area contributed by atoms with E-state index in [9.17, 15) is 9.18 Å². The summed E-state index contributed by atoms with van der Waals surface area (Å²) in [6.45, 7) is 0.873. The van der Waals surface area contributed by atoms with Crippen LogP contribution < -0.4 is 0 Å². The zero-order valence-electron chi connectivity index (χ0n) is 9.19. The molecule has 1 aromatic rings. The molecule has 17 heavy (non-hydrogen) atoms. The number of halogens is 1. The zero-order chi connectivity index (χ0) is 12.3. The van der Waals surface area contributed by atoms with Gasteiger partial charge in [0.05, 0.1) is 11.7 Å². The molecule has 5 heteroatoms. The van der Waals surface area contributed by atoms with Gasteiger partial charge in [-0.05, 0) is 31.0 Å². The van der Waals surface area contributed by atoms with Crippen LogP contribution in [0.25, 0.3) is 0 Å². The van der Waals surface area contributed by atoms with Crippen molar-refractivity contribution < 1.29 is 18.7 Å². The number of thiol groups is 1. The van der Waals surface area contributed by atoms with Gasteiger partial charge in [0.25, 0.3) is 0 Å². The second-order valence-electron chi connectivity index (χ2n) is 3.90. The molecule has 1 aromatic carbocycles. The number of carbonyl (C=O) groups excluding carboxylic acids is 1. The molecule has 2 rings (SSSR count). The largest absolute Gasteiger partial charge is 0.459 e. The third kappa shape index (κ3) is 3.20. The Kier molecular flexibility index (Phi) is 4.02. The Bertz CT molecular complexity index is 416. The van der Waals surface area contributed by atoms with E-state index in [1.807, 2.05) is 0 Å². The maximum absolute atomic E-state index is 13.4. The number of carbonyl (C=O) groups is 1. The highest BCUT2D eigenvalue weighted by Gasteiger charge is 2.19. The quantitative estimate of drug-likeness (QED) is 0.666. The van der Waals surface area contributed by atoms with Crippen LogP contribution in [0.15, 0.2) is 23.1 Å². The molecule has 1 fully saturated rings. The first-order valence-electron chi connectivity index (χ1n) is 5.44. The lowest BCUT2D eigenvalue weighted by Crippen LogP contribution is -2.18. The van der Waals surface area contributed by atoms with Crippen molar-refractivity contribution in [2.75, 3.05) is 13.2 Å². The number of hydrogen-bond donors (Lipinski definition) is 1. The van der Waals surface area contributed by atoms with Crippen LogP contribution in [0.2, 0.25) is 0 Å². The number of benzene rings is 1. The average Bonchev–Trinajstić information content (AvgIpc) is 2.82. The molecule has 1 unspecified atom stereocenters. The van der Waals surface area contributed by atoms with E-state index in [4.69, 9.17) is 9.47 Å². The summed E-state index contributed by atoms with van der Waals surface area (Å²) in [7, 11) is 0. The summed E-state index contributed by atoms with van der Waals surface area (Å²) >= 11 is 4.05. The first kappa shape index (κ1) is 12.4. The first-order valence-corrected chi connectivity index (χ1v) is 5.89. The van der Waals surface area contributed by atoms with Gasteiger partial charge in [-0.2, -0.15) is 0 Å². The Morgan fingerprint density at radius 2 is 2.41 bits per heavy atom. The second kappa shape index (κ2) is 5.51. The highest BCUT2D eigenvalue weighted by molar-refractivity contribution is 7.80. The maximum Gasteiger partial charge on any atom is 0.341 e. The van der Waals surface area contributed by atoms with Gasteiger partial charge in [0.15, 0.2) is 0 Å². The Balaban J connectivity index is 1.96. The van der Waals surface area contributed by atoms with Crippen LogP contribution in [0.3, 0.4) is 0 Å². The van der Waals surface area contributed by atoms with E-state index in [-0.39, 0.29) is 18.3 Å². The van der Waals surface area contributed by atoms with Gasteiger partial charge in [0, 0.05) is 11.5 Å². The summed E-state index contributed by atoms with van der Waals surface area (Å²) in [5, 5.41) is 0. The molecule has 1 atom stereocenters. The molecule has 0 saturated carbocycles. The predicted molar refractivity (Wildman–Crippen MR) is 62.9 cm³/mol. The fraction of sp³-hybridized carbons (Fsp3) is 0.417. The Hall–Kier alpha value is -1.07. The lowest BCUT2D eigenvalue weighted by Gasteiger charge is -2.10. The molecule has 1 aliphatic rings. The monoisotopic (exact) mass is 256 g/mol.